The van der Waals surface area contributed by atoms with Gasteiger partial charge in [-0.15, -0.1) is 0 Å². The van der Waals surface area contributed by atoms with Crippen LogP contribution in [0.4, 0.5) is 0 Å². The molecule has 1 atom stereocenters. The Labute approximate surface area is 138 Å². The molecule has 122 valence electrons. The number of carbonyl (C=O) groups is 1. The molecule has 0 fully saturated rings. The Morgan fingerprint density at radius 3 is 2.54 bits per heavy atom. The Morgan fingerprint density at radius 2 is 1.83 bits per heavy atom. The van der Waals surface area contributed by atoms with Crippen LogP contribution in [0.2, 0.25) is 0 Å². The number of aromatic nitrogens is 2. The van der Waals surface area contributed by atoms with E-state index in [4.69, 9.17) is 9.47 Å². The van der Waals surface area contributed by atoms with E-state index in [-0.39, 0.29) is 5.56 Å². The smallest absolute Gasteiger partial charge is 0.338 e. The summed E-state index contributed by atoms with van der Waals surface area (Å²) in [5, 5.41) is 0.495. The summed E-state index contributed by atoms with van der Waals surface area (Å²) in [7, 11) is 1.55. The first-order valence-electron chi connectivity index (χ1n) is 7.42. The van der Waals surface area contributed by atoms with E-state index in [0.717, 1.165) is 0 Å². The zero-order valence-electron chi connectivity index (χ0n) is 13.3. The number of carbonyl (C=O) groups excluding carboxylic acids is 1. The number of esters is 1. The van der Waals surface area contributed by atoms with Crippen LogP contribution in [0, 0.1) is 0 Å². The van der Waals surface area contributed by atoms with Gasteiger partial charge in [-0.2, -0.15) is 0 Å². The molecule has 0 aliphatic rings. The van der Waals surface area contributed by atoms with Gasteiger partial charge in [-0.3, -0.25) is 4.79 Å². The number of hydrogen-bond donors (Lipinski definition) is 1. The van der Waals surface area contributed by atoms with Gasteiger partial charge in [0.25, 0.3) is 5.56 Å². The number of ether oxygens (including phenoxy) is 2. The normalized spacial score (nSPS) is 11.9. The molecule has 0 bridgehead atoms. The number of methoxy groups -OCH3 is 1. The Hall–Kier alpha value is -3.15. The highest BCUT2D eigenvalue weighted by molar-refractivity contribution is 5.89. The largest absolute Gasteiger partial charge is 0.497 e. The van der Waals surface area contributed by atoms with E-state index in [1.54, 1.807) is 62.6 Å². The molecule has 1 N–H and O–H groups in total. The molecule has 0 radical (unpaired) electrons. The van der Waals surface area contributed by atoms with Crippen molar-refractivity contribution in [2.45, 2.75) is 13.0 Å². The molecule has 0 saturated carbocycles. The highest BCUT2D eigenvalue weighted by Gasteiger charge is 2.17. The Morgan fingerprint density at radius 1 is 1.12 bits per heavy atom. The summed E-state index contributed by atoms with van der Waals surface area (Å²) in [6, 6.07) is 13.6. The number of aromatic amines is 1. The number of benzene rings is 2. The SMILES string of the molecule is COc1ccc(C(=O)O[C@H](C)c2nc3ccccc3c(=O)[nH]2)cc1. The zero-order chi connectivity index (χ0) is 17.1. The molecule has 1 aromatic heterocycles. The fourth-order valence-electron chi connectivity index (χ4n) is 2.31. The van der Waals surface area contributed by atoms with Crippen molar-refractivity contribution < 1.29 is 14.3 Å². The lowest BCUT2D eigenvalue weighted by atomic mass is 10.2. The molecule has 0 saturated heterocycles. The number of rotatable bonds is 4. The molecular formula is C18H16N2O4. The van der Waals surface area contributed by atoms with Gasteiger partial charge in [0.15, 0.2) is 11.9 Å². The summed E-state index contributed by atoms with van der Waals surface area (Å²) >= 11 is 0. The lowest BCUT2D eigenvalue weighted by Gasteiger charge is -2.13. The number of para-hydroxylation sites is 1. The van der Waals surface area contributed by atoms with E-state index in [1.165, 1.54) is 0 Å². The van der Waals surface area contributed by atoms with Crippen LogP contribution >= 0.6 is 0 Å². The van der Waals surface area contributed by atoms with Gasteiger partial charge >= 0.3 is 5.97 Å². The van der Waals surface area contributed by atoms with Gasteiger partial charge in [-0.1, -0.05) is 12.1 Å². The molecule has 0 amide bonds. The molecule has 24 heavy (non-hydrogen) atoms. The number of H-pyrrole nitrogens is 1. The van der Waals surface area contributed by atoms with Gasteiger partial charge < -0.3 is 14.5 Å². The predicted octanol–water partition coefficient (Wildman–Crippen LogP) is 2.85. The minimum atomic E-state index is -0.683. The maximum atomic E-state index is 12.2. The van der Waals surface area contributed by atoms with E-state index in [2.05, 4.69) is 9.97 Å². The van der Waals surface area contributed by atoms with E-state index < -0.39 is 12.1 Å². The highest BCUT2D eigenvalue weighted by atomic mass is 16.5. The highest BCUT2D eigenvalue weighted by Crippen LogP contribution is 2.18. The molecule has 0 spiro atoms. The minimum absolute atomic E-state index is 0.261. The van der Waals surface area contributed by atoms with Crippen LogP contribution in [0.15, 0.2) is 53.3 Å². The van der Waals surface area contributed by atoms with Gasteiger partial charge in [-0.25, -0.2) is 9.78 Å². The van der Waals surface area contributed by atoms with Gasteiger partial charge in [0.1, 0.15) is 5.75 Å². The monoisotopic (exact) mass is 324 g/mol. The third kappa shape index (κ3) is 3.12. The van der Waals surface area contributed by atoms with Crippen molar-refractivity contribution in [3.63, 3.8) is 0 Å². The molecule has 3 aromatic rings. The van der Waals surface area contributed by atoms with Gasteiger partial charge in [0.2, 0.25) is 0 Å². The van der Waals surface area contributed by atoms with Gasteiger partial charge in [0, 0.05) is 0 Å². The quantitative estimate of drug-likeness (QED) is 0.746. The molecule has 6 heteroatoms. The average Bonchev–Trinajstić information content (AvgIpc) is 2.61. The van der Waals surface area contributed by atoms with E-state index >= 15 is 0 Å². The van der Waals surface area contributed by atoms with Crippen LogP contribution in [0.3, 0.4) is 0 Å². The zero-order valence-corrected chi connectivity index (χ0v) is 13.3. The van der Waals surface area contributed by atoms with Crippen molar-refractivity contribution in [1.29, 1.82) is 0 Å². The number of hydrogen-bond acceptors (Lipinski definition) is 5. The Kier molecular flexibility index (Phi) is 4.29. The van der Waals surface area contributed by atoms with E-state index in [0.29, 0.717) is 28.0 Å². The average molecular weight is 324 g/mol. The van der Waals surface area contributed by atoms with Crippen molar-refractivity contribution in [1.82, 2.24) is 9.97 Å². The molecule has 0 unspecified atom stereocenters. The maximum absolute atomic E-state index is 12.2. The standard InChI is InChI=1S/C18H16N2O4/c1-11(24-18(22)12-7-9-13(23-2)10-8-12)16-19-15-6-4-3-5-14(15)17(21)20-16/h3-11H,1-2H3,(H,19,20,21)/t11-/m1/s1. The predicted molar refractivity (Wildman–Crippen MR) is 89.2 cm³/mol. The number of fused-ring (bicyclic) bond motifs is 1. The van der Waals surface area contributed by atoms with Gasteiger partial charge in [0.05, 0.1) is 23.6 Å². The van der Waals surface area contributed by atoms with Crippen molar-refractivity contribution in [2.75, 3.05) is 7.11 Å². The second-order valence-corrected chi connectivity index (χ2v) is 5.24. The Bertz CT molecular complexity index is 932. The summed E-state index contributed by atoms with van der Waals surface area (Å²) < 4.78 is 10.4. The summed E-state index contributed by atoms with van der Waals surface area (Å²) in [4.78, 5) is 31.3. The van der Waals surface area contributed by atoms with Crippen molar-refractivity contribution in [3.05, 3.63) is 70.3 Å². The van der Waals surface area contributed by atoms with Crippen LogP contribution in [0.5, 0.6) is 5.75 Å². The lowest BCUT2D eigenvalue weighted by Crippen LogP contribution is -2.17. The van der Waals surface area contributed by atoms with Crippen LogP contribution in [-0.2, 0) is 4.74 Å². The fraction of sp³-hybridized carbons (Fsp3) is 0.167. The van der Waals surface area contributed by atoms with Crippen molar-refractivity contribution in [2.24, 2.45) is 0 Å². The van der Waals surface area contributed by atoms with Crippen LogP contribution < -0.4 is 10.3 Å². The van der Waals surface area contributed by atoms with Crippen LogP contribution in [0.1, 0.15) is 29.2 Å². The Balaban J connectivity index is 1.82. The summed E-state index contributed by atoms with van der Waals surface area (Å²) in [6.07, 6.45) is -0.683. The molecule has 2 aromatic carbocycles. The molecule has 1 heterocycles. The summed E-state index contributed by atoms with van der Waals surface area (Å²) in [6.45, 7) is 1.66. The van der Waals surface area contributed by atoms with Crippen molar-refractivity contribution >= 4 is 16.9 Å². The first-order valence-corrected chi connectivity index (χ1v) is 7.42. The summed E-state index contributed by atoms with van der Waals surface area (Å²) in [5.41, 5.74) is 0.692. The molecule has 3 rings (SSSR count). The fourth-order valence-corrected chi connectivity index (χ4v) is 2.31. The molecular weight excluding hydrogens is 308 g/mol. The topological polar surface area (TPSA) is 81.3 Å². The number of nitrogens with one attached hydrogen (secondary N) is 1. The van der Waals surface area contributed by atoms with Crippen LogP contribution in [-0.4, -0.2) is 23.0 Å². The van der Waals surface area contributed by atoms with E-state index in [1.807, 2.05) is 0 Å². The maximum Gasteiger partial charge on any atom is 0.338 e. The molecule has 6 nitrogen and oxygen atoms in total. The van der Waals surface area contributed by atoms with Gasteiger partial charge in [-0.05, 0) is 43.3 Å². The first-order chi connectivity index (χ1) is 11.6. The first kappa shape index (κ1) is 15.7. The summed E-state index contributed by atoms with van der Waals surface area (Å²) in [5.74, 6) is 0.460. The molecule has 0 aliphatic heterocycles. The van der Waals surface area contributed by atoms with E-state index in [9.17, 15) is 9.59 Å². The number of nitrogens with zero attached hydrogens (tertiary/aromatic N) is 1. The second-order valence-electron chi connectivity index (χ2n) is 5.24. The second kappa shape index (κ2) is 6.54. The van der Waals surface area contributed by atoms with Crippen LogP contribution in [0.25, 0.3) is 10.9 Å². The molecule has 0 aliphatic carbocycles. The third-order valence-electron chi connectivity index (χ3n) is 3.63. The minimum Gasteiger partial charge on any atom is -0.497 e. The third-order valence-corrected chi connectivity index (χ3v) is 3.63. The van der Waals surface area contributed by atoms with Crippen molar-refractivity contribution in [3.8, 4) is 5.75 Å². The lowest BCUT2D eigenvalue weighted by molar-refractivity contribution is 0.0320.